The Balaban J connectivity index is 1.55. The summed E-state index contributed by atoms with van der Waals surface area (Å²) in [5.74, 6) is -0.263. The number of carboxylic acids is 1. The van der Waals surface area contributed by atoms with Crippen LogP contribution in [0.4, 0.5) is 0 Å². The van der Waals surface area contributed by atoms with Gasteiger partial charge in [0.2, 0.25) is 0 Å². The zero-order valence-electron chi connectivity index (χ0n) is 16.0. The molecule has 1 aliphatic rings. The van der Waals surface area contributed by atoms with E-state index in [0.717, 1.165) is 16.7 Å². The summed E-state index contributed by atoms with van der Waals surface area (Å²) < 4.78 is 6.39. The molecule has 30 heavy (non-hydrogen) atoms. The molecule has 150 valence electrons. The second kappa shape index (κ2) is 8.30. The molecule has 1 fully saturated rings. The third kappa shape index (κ3) is 4.08. The van der Waals surface area contributed by atoms with Crippen LogP contribution >= 0.6 is 24.0 Å². The van der Waals surface area contributed by atoms with Crippen molar-refractivity contribution in [2.24, 2.45) is 0 Å². The molecule has 3 aromatic rings. The zero-order chi connectivity index (χ0) is 21.3. The molecule has 0 bridgehead atoms. The van der Waals surface area contributed by atoms with Crippen LogP contribution in [-0.2, 0) is 11.3 Å². The number of carboxylic acid groups (broad SMARTS) is 1. The van der Waals surface area contributed by atoms with Gasteiger partial charge >= 0.3 is 0 Å². The first kappa shape index (κ1) is 20.1. The van der Waals surface area contributed by atoms with Crippen LogP contribution in [0, 0.1) is 6.92 Å². The van der Waals surface area contributed by atoms with Gasteiger partial charge in [-0.3, -0.25) is 9.69 Å². The minimum Gasteiger partial charge on any atom is -0.545 e. The van der Waals surface area contributed by atoms with Crippen LogP contribution < -0.4 is 5.11 Å². The summed E-state index contributed by atoms with van der Waals surface area (Å²) in [6.45, 7) is 2.23. The summed E-state index contributed by atoms with van der Waals surface area (Å²) in [4.78, 5) is 25.9. The summed E-state index contributed by atoms with van der Waals surface area (Å²) in [7, 11) is 0. The number of benzene rings is 2. The van der Waals surface area contributed by atoms with E-state index in [1.807, 2.05) is 30.3 Å². The largest absolute Gasteiger partial charge is 0.545 e. The maximum Gasteiger partial charge on any atom is 0.266 e. The van der Waals surface area contributed by atoms with Gasteiger partial charge in [0, 0.05) is 11.6 Å². The van der Waals surface area contributed by atoms with E-state index < -0.39 is 5.97 Å². The maximum absolute atomic E-state index is 12.8. The van der Waals surface area contributed by atoms with Crippen LogP contribution in [0.25, 0.3) is 17.4 Å². The molecule has 0 unspecified atom stereocenters. The van der Waals surface area contributed by atoms with Crippen molar-refractivity contribution in [3.05, 3.63) is 88.0 Å². The number of amides is 1. The topological polar surface area (TPSA) is 73.6 Å². The van der Waals surface area contributed by atoms with Gasteiger partial charge in [0.25, 0.3) is 5.91 Å². The molecule has 2 aromatic carbocycles. The summed E-state index contributed by atoms with van der Waals surface area (Å²) in [5, 5.41) is 11.0. The van der Waals surface area contributed by atoms with E-state index in [2.05, 4.69) is 0 Å². The molecule has 2 heterocycles. The maximum atomic E-state index is 12.8. The Hall–Kier alpha value is -3.16. The van der Waals surface area contributed by atoms with E-state index in [1.54, 1.807) is 42.2 Å². The molecule has 1 aromatic heterocycles. The number of aromatic carboxylic acids is 1. The lowest BCUT2D eigenvalue weighted by molar-refractivity contribution is -0.255. The van der Waals surface area contributed by atoms with Gasteiger partial charge in [-0.1, -0.05) is 66.4 Å². The van der Waals surface area contributed by atoms with E-state index in [-0.39, 0.29) is 11.5 Å². The smallest absolute Gasteiger partial charge is 0.266 e. The lowest BCUT2D eigenvalue weighted by Crippen LogP contribution is -2.27. The van der Waals surface area contributed by atoms with Crippen molar-refractivity contribution in [2.75, 3.05) is 0 Å². The van der Waals surface area contributed by atoms with Crippen LogP contribution in [-0.4, -0.2) is 21.1 Å². The SMILES string of the molecule is Cc1cc(C(=O)[O-])ccc1-c1ccc(/C=C2/SC(=S)N(Cc3ccccc3)C2=O)o1. The zero-order valence-corrected chi connectivity index (χ0v) is 17.6. The number of carbonyl (C=O) groups is 2. The molecule has 5 nitrogen and oxygen atoms in total. The number of carbonyl (C=O) groups excluding carboxylic acids is 2. The van der Waals surface area contributed by atoms with Crippen molar-refractivity contribution in [3.63, 3.8) is 0 Å². The van der Waals surface area contributed by atoms with Crippen LogP contribution in [0.1, 0.15) is 27.2 Å². The first-order valence-corrected chi connectivity index (χ1v) is 10.4. The number of hydrogen-bond donors (Lipinski definition) is 0. The standard InChI is InChI=1S/C23H17NO4S2/c1-14-11-16(22(26)27)7-9-18(14)19-10-8-17(28-19)12-20-21(25)24(23(29)30-20)13-15-5-3-2-4-6-15/h2-12H,13H2,1H3,(H,26,27)/p-1/b20-12+. The lowest BCUT2D eigenvalue weighted by Gasteiger charge is -2.14. The van der Waals surface area contributed by atoms with Crippen molar-refractivity contribution in [1.82, 2.24) is 4.90 Å². The summed E-state index contributed by atoms with van der Waals surface area (Å²) >= 11 is 6.63. The Morgan fingerprint density at radius 3 is 2.63 bits per heavy atom. The van der Waals surface area contributed by atoms with E-state index in [4.69, 9.17) is 16.6 Å². The molecular formula is C23H16NO4S2-. The molecule has 4 rings (SSSR count). The minimum absolute atomic E-state index is 0.116. The van der Waals surface area contributed by atoms with Gasteiger partial charge in [-0.05, 0) is 41.8 Å². The average Bonchev–Trinajstić information content (AvgIpc) is 3.29. The minimum atomic E-state index is -1.22. The van der Waals surface area contributed by atoms with Crippen LogP contribution in [0.2, 0.25) is 0 Å². The fourth-order valence-corrected chi connectivity index (χ4v) is 4.41. The van der Waals surface area contributed by atoms with Gasteiger partial charge in [0.1, 0.15) is 15.8 Å². The lowest BCUT2D eigenvalue weighted by atomic mass is 10.0. The van der Waals surface area contributed by atoms with Crippen LogP contribution in [0.5, 0.6) is 0 Å². The predicted molar refractivity (Wildman–Crippen MR) is 118 cm³/mol. The van der Waals surface area contributed by atoms with Crippen molar-refractivity contribution in [3.8, 4) is 11.3 Å². The summed E-state index contributed by atoms with van der Waals surface area (Å²) in [6.07, 6.45) is 1.68. The monoisotopic (exact) mass is 434 g/mol. The van der Waals surface area contributed by atoms with Gasteiger partial charge in [0.15, 0.2) is 0 Å². The Bertz CT molecular complexity index is 1180. The number of aryl methyl sites for hydroxylation is 1. The number of nitrogens with zero attached hydrogens (tertiary/aromatic N) is 1. The molecule has 0 spiro atoms. The second-order valence-electron chi connectivity index (χ2n) is 6.77. The van der Waals surface area contributed by atoms with Crippen molar-refractivity contribution >= 4 is 46.3 Å². The predicted octanol–water partition coefficient (Wildman–Crippen LogP) is 4.02. The highest BCUT2D eigenvalue weighted by molar-refractivity contribution is 8.26. The molecule has 0 radical (unpaired) electrons. The van der Waals surface area contributed by atoms with Crippen LogP contribution in [0.3, 0.4) is 0 Å². The second-order valence-corrected chi connectivity index (χ2v) is 8.45. The van der Waals surface area contributed by atoms with Crippen molar-refractivity contribution in [1.29, 1.82) is 0 Å². The Labute approximate surface area is 183 Å². The normalized spacial score (nSPS) is 15.2. The Morgan fingerprint density at radius 2 is 1.93 bits per heavy atom. The number of thiocarbonyl (C=S) groups is 1. The molecule has 0 atom stereocenters. The van der Waals surface area contributed by atoms with Crippen molar-refractivity contribution in [2.45, 2.75) is 13.5 Å². The first-order valence-electron chi connectivity index (χ1n) is 9.14. The highest BCUT2D eigenvalue weighted by Gasteiger charge is 2.32. The van der Waals surface area contributed by atoms with E-state index in [1.165, 1.54) is 17.8 Å². The van der Waals surface area contributed by atoms with E-state index in [0.29, 0.717) is 27.3 Å². The van der Waals surface area contributed by atoms with Crippen LogP contribution in [0.15, 0.2) is 70.0 Å². The molecule has 7 heteroatoms. The van der Waals surface area contributed by atoms with Crippen molar-refractivity contribution < 1.29 is 19.1 Å². The van der Waals surface area contributed by atoms with E-state index in [9.17, 15) is 14.7 Å². The fourth-order valence-electron chi connectivity index (χ4n) is 3.17. The van der Waals surface area contributed by atoms with Gasteiger partial charge in [0.05, 0.1) is 17.4 Å². The first-order chi connectivity index (χ1) is 14.4. The summed E-state index contributed by atoms with van der Waals surface area (Å²) in [6, 6.07) is 17.9. The quantitative estimate of drug-likeness (QED) is 0.446. The third-order valence-corrected chi connectivity index (χ3v) is 6.06. The molecule has 1 saturated heterocycles. The number of thioether (sulfide) groups is 1. The van der Waals surface area contributed by atoms with Gasteiger partial charge in [-0.25, -0.2) is 0 Å². The molecule has 0 aliphatic carbocycles. The van der Waals surface area contributed by atoms with Gasteiger partial charge in [-0.2, -0.15) is 0 Å². The number of hydrogen-bond acceptors (Lipinski definition) is 6. The molecule has 1 amide bonds. The number of rotatable bonds is 5. The Morgan fingerprint density at radius 1 is 1.17 bits per heavy atom. The van der Waals surface area contributed by atoms with Gasteiger partial charge < -0.3 is 14.3 Å². The highest BCUT2D eigenvalue weighted by atomic mass is 32.2. The summed E-state index contributed by atoms with van der Waals surface area (Å²) in [5.41, 5.74) is 2.65. The molecular weight excluding hydrogens is 418 g/mol. The third-order valence-electron chi connectivity index (χ3n) is 4.68. The van der Waals surface area contributed by atoms with E-state index >= 15 is 0 Å². The molecule has 0 N–H and O–H groups in total. The average molecular weight is 435 g/mol. The number of furan rings is 1. The fraction of sp³-hybridized carbons (Fsp3) is 0.0870. The molecule has 0 saturated carbocycles. The van der Waals surface area contributed by atoms with Gasteiger partial charge in [-0.15, -0.1) is 0 Å². The molecule has 1 aliphatic heterocycles. The highest BCUT2D eigenvalue weighted by Crippen LogP contribution is 2.35. The Kier molecular flexibility index (Phi) is 5.57.